The molecule has 2 rings (SSSR count). The maximum atomic E-state index is 5.84. The zero-order valence-electron chi connectivity index (χ0n) is 10.3. The fourth-order valence-corrected chi connectivity index (χ4v) is 9.18. The lowest BCUT2D eigenvalue weighted by Gasteiger charge is -2.18. The van der Waals surface area contributed by atoms with Gasteiger partial charge in [-0.15, -0.1) is 23.0 Å². The van der Waals surface area contributed by atoms with Gasteiger partial charge in [-0.3, -0.25) is 0 Å². The van der Waals surface area contributed by atoms with Gasteiger partial charge in [-0.2, -0.15) is 0 Å². The molecule has 0 amide bonds. The molecule has 0 aliphatic carbocycles. The third-order valence-corrected chi connectivity index (χ3v) is 15.7. The van der Waals surface area contributed by atoms with Gasteiger partial charge in [-0.1, -0.05) is 72.5 Å². The van der Waals surface area contributed by atoms with Crippen LogP contribution in [0.3, 0.4) is 0 Å². The van der Waals surface area contributed by atoms with Crippen molar-refractivity contribution in [2.24, 2.45) is 0 Å². The first-order valence-electron chi connectivity index (χ1n) is 5.86. The van der Waals surface area contributed by atoms with Gasteiger partial charge in [-0.25, -0.2) is 0 Å². The van der Waals surface area contributed by atoms with Crippen LogP contribution in [-0.2, 0) is 23.7 Å². The second-order valence-electron chi connectivity index (χ2n) is 4.10. The Labute approximate surface area is 133 Å². The molecule has 0 heterocycles. The van der Waals surface area contributed by atoms with Crippen molar-refractivity contribution in [3.05, 3.63) is 71.8 Å². The Morgan fingerprint density at radius 1 is 0.895 bits per heavy atom. The average Bonchev–Trinajstić information content (AvgIpc) is 2.47. The molecule has 0 aromatic heterocycles. The maximum absolute atomic E-state index is 5.84. The molecule has 0 N–H and O–H groups in total. The fourth-order valence-electron chi connectivity index (χ4n) is 1.65. The topological polar surface area (TPSA) is 0 Å². The Morgan fingerprint density at radius 3 is 1.95 bits per heavy atom. The van der Waals surface area contributed by atoms with E-state index in [-0.39, 0.29) is 0 Å². The zero-order chi connectivity index (χ0) is 13.6. The standard InChI is InChI=1S/C14H15PS4/c16-15(19-17,11-13-7-3-1-4-8-13)18-12-14-9-5-2-6-10-14/h1-10,17H,11-12H2. The molecule has 0 spiro atoms. The molecule has 1 unspecified atom stereocenters. The van der Waals surface area contributed by atoms with Crippen molar-refractivity contribution in [3.63, 3.8) is 0 Å². The minimum absolute atomic E-state index is 0.953. The van der Waals surface area contributed by atoms with Gasteiger partial charge in [0.2, 0.25) is 0 Å². The summed E-state index contributed by atoms with van der Waals surface area (Å²) >= 11 is 12.1. The Kier molecular flexibility index (Phi) is 6.37. The first kappa shape index (κ1) is 15.5. The van der Waals surface area contributed by atoms with E-state index in [1.165, 1.54) is 11.1 Å². The Bertz CT molecular complexity index is 542. The lowest BCUT2D eigenvalue weighted by molar-refractivity contribution is 1.41. The van der Waals surface area contributed by atoms with Gasteiger partial charge < -0.3 is 0 Å². The zero-order valence-corrected chi connectivity index (χ0v) is 14.5. The SMILES string of the molecule is S=P(Cc1ccccc1)(SS)SCc1ccccc1. The van der Waals surface area contributed by atoms with Crippen LogP contribution in [0.4, 0.5) is 0 Å². The second-order valence-corrected chi connectivity index (χ2v) is 16.8. The van der Waals surface area contributed by atoms with Crippen molar-refractivity contribution in [2.75, 3.05) is 0 Å². The minimum atomic E-state index is -1.56. The smallest absolute Gasteiger partial charge is 0.0720 e. The molecule has 100 valence electrons. The third-order valence-electron chi connectivity index (χ3n) is 2.61. The molecule has 0 aliphatic rings. The summed E-state index contributed by atoms with van der Waals surface area (Å²) in [6, 6.07) is 21.0. The molecule has 0 aliphatic heterocycles. The highest BCUT2D eigenvalue weighted by Crippen LogP contribution is 2.73. The quantitative estimate of drug-likeness (QED) is 0.388. The molecular formula is C14H15PS4. The number of hydrogen-bond acceptors (Lipinski definition) is 4. The van der Waals surface area contributed by atoms with Crippen molar-refractivity contribution in [1.29, 1.82) is 0 Å². The Morgan fingerprint density at radius 2 is 1.42 bits per heavy atom. The number of thiol groups is 1. The van der Waals surface area contributed by atoms with Crippen LogP contribution in [0.5, 0.6) is 0 Å². The summed E-state index contributed by atoms with van der Waals surface area (Å²) < 4.78 is -1.56. The Hall–Kier alpha value is 0.140. The van der Waals surface area contributed by atoms with E-state index in [9.17, 15) is 0 Å². The Balaban J connectivity index is 2.00. The molecule has 0 saturated carbocycles. The first-order chi connectivity index (χ1) is 9.22. The summed E-state index contributed by atoms with van der Waals surface area (Å²) in [5.74, 6) is 0.971. The lowest BCUT2D eigenvalue weighted by Crippen LogP contribution is -1.83. The van der Waals surface area contributed by atoms with Crippen molar-refractivity contribution in [2.45, 2.75) is 11.9 Å². The molecule has 1 atom stereocenters. The van der Waals surface area contributed by atoms with Crippen LogP contribution in [0.15, 0.2) is 60.7 Å². The molecule has 0 nitrogen and oxygen atoms in total. The van der Waals surface area contributed by atoms with Crippen molar-refractivity contribution in [1.82, 2.24) is 0 Å². The average molecular weight is 343 g/mol. The number of benzene rings is 2. The summed E-state index contributed by atoms with van der Waals surface area (Å²) in [5.41, 5.74) is 2.64. The van der Waals surface area contributed by atoms with Crippen molar-refractivity contribution < 1.29 is 0 Å². The van der Waals surface area contributed by atoms with E-state index in [0.29, 0.717) is 0 Å². The van der Waals surface area contributed by atoms with E-state index in [2.05, 4.69) is 60.2 Å². The van der Waals surface area contributed by atoms with Crippen LogP contribution in [0.2, 0.25) is 0 Å². The summed E-state index contributed by atoms with van der Waals surface area (Å²) in [6.07, 6.45) is 0.953. The van der Waals surface area contributed by atoms with Crippen LogP contribution in [0.1, 0.15) is 11.1 Å². The van der Waals surface area contributed by atoms with E-state index in [4.69, 9.17) is 11.8 Å². The lowest BCUT2D eigenvalue weighted by atomic mass is 10.2. The highest BCUT2D eigenvalue weighted by molar-refractivity contribution is 9.15. The summed E-state index contributed by atoms with van der Waals surface area (Å²) in [7, 11) is 1.57. The van der Waals surface area contributed by atoms with E-state index in [0.717, 1.165) is 11.9 Å². The van der Waals surface area contributed by atoms with Gasteiger partial charge in [-0.05, 0) is 21.5 Å². The van der Waals surface area contributed by atoms with Crippen LogP contribution >= 0.6 is 37.9 Å². The van der Waals surface area contributed by atoms with Crippen molar-refractivity contribution >= 4 is 49.7 Å². The van der Waals surface area contributed by atoms with Gasteiger partial charge in [0, 0.05) is 11.9 Å². The molecular weight excluding hydrogens is 327 g/mol. The minimum Gasteiger partial charge on any atom is -0.108 e. The summed E-state index contributed by atoms with van der Waals surface area (Å²) in [4.78, 5) is 0. The summed E-state index contributed by atoms with van der Waals surface area (Å²) in [5, 5.41) is 0. The van der Waals surface area contributed by atoms with Crippen LogP contribution in [0, 0.1) is 0 Å². The van der Waals surface area contributed by atoms with Crippen molar-refractivity contribution in [3.8, 4) is 0 Å². The number of hydrogen-bond donors (Lipinski definition) is 1. The van der Waals surface area contributed by atoms with E-state index in [1.54, 1.807) is 10.4 Å². The second kappa shape index (κ2) is 7.80. The summed E-state index contributed by atoms with van der Waals surface area (Å²) in [6.45, 7) is 0. The molecule has 0 saturated heterocycles. The van der Waals surface area contributed by atoms with E-state index >= 15 is 0 Å². The molecule has 0 bridgehead atoms. The number of rotatable bonds is 6. The first-order valence-corrected chi connectivity index (χ1v) is 12.9. The normalized spacial score (nSPS) is 13.9. The van der Waals surface area contributed by atoms with Gasteiger partial charge in [0.05, 0.1) is 4.44 Å². The largest absolute Gasteiger partial charge is 0.108 e. The molecule has 19 heavy (non-hydrogen) atoms. The molecule has 0 radical (unpaired) electrons. The van der Waals surface area contributed by atoms with Gasteiger partial charge in [0.1, 0.15) is 0 Å². The highest BCUT2D eigenvalue weighted by atomic mass is 33.5. The molecule has 2 aromatic rings. The van der Waals surface area contributed by atoms with E-state index in [1.807, 2.05) is 23.5 Å². The van der Waals surface area contributed by atoms with Crippen LogP contribution in [-0.4, -0.2) is 0 Å². The highest BCUT2D eigenvalue weighted by Gasteiger charge is 2.18. The van der Waals surface area contributed by atoms with Gasteiger partial charge in [0.15, 0.2) is 0 Å². The fraction of sp³-hybridized carbons (Fsp3) is 0.143. The third kappa shape index (κ3) is 5.20. The maximum Gasteiger partial charge on any atom is 0.0720 e. The predicted octanol–water partition coefficient (Wildman–Crippen LogP) is 6.01. The van der Waals surface area contributed by atoms with Gasteiger partial charge >= 0.3 is 0 Å². The molecule has 0 fully saturated rings. The molecule has 5 heteroatoms. The van der Waals surface area contributed by atoms with E-state index < -0.39 is 4.44 Å². The molecule has 2 aromatic carbocycles. The predicted molar refractivity (Wildman–Crippen MR) is 98.7 cm³/mol. The monoisotopic (exact) mass is 342 g/mol. The van der Waals surface area contributed by atoms with Gasteiger partial charge in [0.25, 0.3) is 0 Å². The van der Waals surface area contributed by atoms with Crippen LogP contribution in [0.25, 0.3) is 0 Å². The van der Waals surface area contributed by atoms with Crippen LogP contribution < -0.4 is 0 Å².